The monoisotopic (exact) mass is 493 g/mol. The van der Waals surface area contributed by atoms with E-state index >= 15 is 0 Å². The molecular formula is C30H24ClN3O2. The maximum atomic E-state index is 13.7. The molecular weight excluding hydrogens is 470 g/mol. The molecule has 0 bridgehead atoms. The summed E-state index contributed by atoms with van der Waals surface area (Å²) in [6.07, 6.45) is 0.870. The number of benzene rings is 4. The number of benzodiazepines with no additional fused rings is 1. The van der Waals surface area contributed by atoms with Gasteiger partial charge in [0.05, 0.1) is 17.8 Å². The van der Waals surface area contributed by atoms with E-state index < -0.39 is 6.04 Å². The predicted molar refractivity (Wildman–Crippen MR) is 145 cm³/mol. The largest absolute Gasteiger partial charge is 0.315 e. The van der Waals surface area contributed by atoms with Crippen molar-refractivity contribution in [3.05, 3.63) is 106 Å². The summed E-state index contributed by atoms with van der Waals surface area (Å²) in [7, 11) is 3.58. The number of amides is 2. The van der Waals surface area contributed by atoms with Gasteiger partial charge >= 0.3 is 0 Å². The van der Waals surface area contributed by atoms with Gasteiger partial charge in [-0.3, -0.25) is 14.6 Å². The normalized spacial score (nSPS) is 17.2. The predicted octanol–water partition coefficient (Wildman–Crippen LogP) is 5.44. The van der Waals surface area contributed by atoms with Crippen molar-refractivity contribution in [3.63, 3.8) is 0 Å². The number of anilines is 2. The third-order valence-corrected chi connectivity index (χ3v) is 7.39. The summed E-state index contributed by atoms with van der Waals surface area (Å²) < 4.78 is 0. The summed E-state index contributed by atoms with van der Waals surface area (Å²) in [6, 6.07) is 25.3. The molecule has 1 unspecified atom stereocenters. The van der Waals surface area contributed by atoms with Crippen LogP contribution in [0.25, 0.3) is 10.8 Å². The van der Waals surface area contributed by atoms with Gasteiger partial charge < -0.3 is 9.80 Å². The molecule has 1 atom stereocenters. The van der Waals surface area contributed by atoms with Gasteiger partial charge in [0.1, 0.15) is 6.04 Å². The minimum absolute atomic E-state index is 0.0671. The molecule has 0 fully saturated rings. The lowest BCUT2D eigenvalue weighted by Crippen LogP contribution is -2.36. The minimum atomic E-state index is -0.607. The zero-order valence-corrected chi connectivity index (χ0v) is 20.8. The van der Waals surface area contributed by atoms with Gasteiger partial charge in [0.25, 0.3) is 5.91 Å². The molecule has 0 saturated carbocycles. The number of likely N-dealkylation sites (N-methyl/N-ethyl adjacent to an activating group) is 2. The summed E-state index contributed by atoms with van der Waals surface area (Å²) in [5, 5.41) is 2.87. The average molecular weight is 494 g/mol. The van der Waals surface area contributed by atoms with Crippen LogP contribution in [0.3, 0.4) is 0 Å². The van der Waals surface area contributed by atoms with Crippen LogP contribution in [-0.4, -0.2) is 37.7 Å². The van der Waals surface area contributed by atoms with E-state index in [0.717, 1.165) is 44.4 Å². The smallest absolute Gasteiger partial charge is 0.251 e. The van der Waals surface area contributed by atoms with Crippen molar-refractivity contribution in [3.8, 4) is 0 Å². The van der Waals surface area contributed by atoms with Crippen LogP contribution in [0.15, 0.2) is 83.9 Å². The van der Waals surface area contributed by atoms with Crippen molar-refractivity contribution < 1.29 is 9.59 Å². The minimum Gasteiger partial charge on any atom is -0.315 e. The molecule has 0 radical (unpaired) electrons. The maximum Gasteiger partial charge on any atom is 0.251 e. The Bertz CT molecular complexity index is 1590. The highest BCUT2D eigenvalue weighted by Crippen LogP contribution is 2.34. The second-order valence-corrected chi connectivity index (χ2v) is 9.85. The van der Waals surface area contributed by atoms with Gasteiger partial charge in [0, 0.05) is 42.4 Å². The molecule has 0 aliphatic carbocycles. The van der Waals surface area contributed by atoms with Crippen LogP contribution >= 0.6 is 11.6 Å². The van der Waals surface area contributed by atoms with E-state index in [1.807, 2.05) is 42.5 Å². The maximum absolute atomic E-state index is 13.7. The highest BCUT2D eigenvalue weighted by atomic mass is 35.5. The van der Waals surface area contributed by atoms with E-state index in [1.54, 1.807) is 30.0 Å². The number of hydrogen-bond donors (Lipinski definition) is 0. The topological polar surface area (TPSA) is 53.0 Å². The van der Waals surface area contributed by atoms with Crippen LogP contribution in [0.2, 0.25) is 5.02 Å². The van der Waals surface area contributed by atoms with Crippen molar-refractivity contribution in [1.82, 2.24) is 0 Å². The van der Waals surface area contributed by atoms with Gasteiger partial charge in [0.15, 0.2) is 0 Å². The molecule has 6 rings (SSSR count). The van der Waals surface area contributed by atoms with Crippen LogP contribution in [0, 0.1) is 0 Å². The van der Waals surface area contributed by atoms with Crippen LogP contribution in [-0.2, 0) is 22.4 Å². The number of carbonyl (C=O) groups excluding carboxylic acids is 2. The van der Waals surface area contributed by atoms with E-state index in [2.05, 4.69) is 30.3 Å². The molecule has 0 N–H and O–H groups in total. The van der Waals surface area contributed by atoms with Gasteiger partial charge in [-0.05, 0) is 46.2 Å². The Balaban J connectivity index is 1.49. The van der Waals surface area contributed by atoms with Gasteiger partial charge in [-0.2, -0.15) is 0 Å². The molecule has 178 valence electrons. The van der Waals surface area contributed by atoms with Crippen LogP contribution < -0.4 is 9.80 Å². The van der Waals surface area contributed by atoms with Crippen molar-refractivity contribution in [2.24, 2.45) is 4.99 Å². The first-order valence-electron chi connectivity index (χ1n) is 11.9. The van der Waals surface area contributed by atoms with Crippen molar-refractivity contribution in [2.45, 2.75) is 18.9 Å². The standard InChI is InChI=1S/C30H24ClN3O2/c1-33-27-15-22(10-9-21(27)16-28(33)35)29-24-17-23(31)11-12-26(24)34(2)30(36)25(32-29)14-18-7-8-19-5-3-4-6-20(19)13-18/h3-13,15,17,25H,14,16H2,1-2H3. The molecule has 5 nitrogen and oxygen atoms in total. The molecule has 2 aliphatic rings. The summed E-state index contributed by atoms with van der Waals surface area (Å²) >= 11 is 6.41. The van der Waals surface area contributed by atoms with E-state index in [0.29, 0.717) is 23.6 Å². The lowest BCUT2D eigenvalue weighted by Gasteiger charge is -2.20. The number of halogens is 1. The third-order valence-electron chi connectivity index (χ3n) is 7.15. The van der Waals surface area contributed by atoms with Crippen LogP contribution in [0.1, 0.15) is 22.3 Å². The molecule has 0 aromatic heterocycles. The van der Waals surface area contributed by atoms with E-state index in [-0.39, 0.29) is 11.8 Å². The fourth-order valence-corrected chi connectivity index (χ4v) is 5.33. The summed E-state index contributed by atoms with van der Waals surface area (Å²) in [4.78, 5) is 34.4. The molecule has 4 aromatic carbocycles. The first-order valence-corrected chi connectivity index (χ1v) is 12.3. The van der Waals surface area contributed by atoms with E-state index in [1.165, 1.54) is 0 Å². The van der Waals surface area contributed by atoms with Crippen LogP contribution in [0.4, 0.5) is 11.4 Å². The first kappa shape index (κ1) is 22.5. The lowest BCUT2D eigenvalue weighted by molar-refractivity contribution is -0.119. The van der Waals surface area contributed by atoms with Crippen molar-refractivity contribution in [1.29, 1.82) is 0 Å². The number of nitrogens with zero attached hydrogens (tertiary/aromatic N) is 3. The molecule has 2 heterocycles. The second kappa shape index (κ2) is 8.61. The van der Waals surface area contributed by atoms with Crippen molar-refractivity contribution >= 4 is 51.3 Å². The Kier molecular flexibility index (Phi) is 5.38. The Morgan fingerprint density at radius 2 is 1.67 bits per heavy atom. The van der Waals surface area contributed by atoms with Gasteiger partial charge in [0.2, 0.25) is 5.91 Å². The Labute approximate surface area is 214 Å². The molecule has 0 spiro atoms. The zero-order valence-electron chi connectivity index (χ0n) is 20.0. The van der Waals surface area contributed by atoms with E-state index in [9.17, 15) is 9.59 Å². The van der Waals surface area contributed by atoms with E-state index in [4.69, 9.17) is 16.6 Å². The van der Waals surface area contributed by atoms with Crippen molar-refractivity contribution in [2.75, 3.05) is 23.9 Å². The van der Waals surface area contributed by atoms with Gasteiger partial charge in [-0.1, -0.05) is 66.2 Å². The Morgan fingerprint density at radius 1 is 0.861 bits per heavy atom. The highest BCUT2D eigenvalue weighted by molar-refractivity contribution is 6.32. The lowest BCUT2D eigenvalue weighted by atomic mass is 9.98. The number of carbonyl (C=O) groups is 2. The molecule has 4 aromatic rings. The van der Waals surface area contributed by atoms with Gasteiger partial charge in [-0.25, -0.2) is 0 Å². The number of hydrogen-bond acceptors (Lipinski definition) is 3. The first-order chi connectivity index (χ1) is 17.4. The average Bonchev–Trinajstić information content (AvgIpc) is 3.13. The third kappa shape index (κ3) is 3.76. The fraction of sp³-hybridized carbons (Fsp3) is 0.167. The number of aliphatic imine (C=N–C) groups is 1. The highest BCUT2D eigenvalue weighted by Gasteiger charge is 2.31. The molecule has 6 heteroatoms. The Hall–Kier alpha value is -3.96. The number of rotatable bonds is 3. The summed E-state index contributed by atoms with van der Waals surface area (Å²) in [6.45, 7) is 0. The van der Waals surface area contributed by atoms with Gasteiger partial charge in [-0.15, -0.1) is 0 Å². The number of fused-ring (bicyclic) bond motifs is 3. The second-order valence-electron chi connectivity index (χ2n) is 9.41. The molecule has 36 heavy (non-hydrogen) atoms. The zero-order chi connectivity index (χ0) is 25.0. The molecule has 2 amide bonds. The fourth-order valence-electron chi connectivity index (χ4n) is 5.15. The summed E-state index contributed by atoms with van der Waals surface area (Å²) in [5.41, 5.74) is 6.02. The quantitative estimate of drug-likeness (QED) is 0.382. The SMILES string of the molecule is CN1C(=O)Cc2ccc(C3=NC(Cc4ccc5ccccc5c4)C(=O)N(C)c4ccc(Cl)cc43)cc21. The van der Waals surface area contributed by atoms with Crippen LogP contribution in [0.5, 0.6) is 0 Å². The molecule has 2 aliphatic heterocycles. The molecule has 0 saturated heterocycles. The Morgan fingerprint density at radius 3 is 2.50 bits per heavy atom. The summed E-state index contributed by atoms with van der Waals surface area (Å²) in [5.74, 6) is -0.00678.